The van der Waals surface area contributed by atoms with Crippen molar-refractivity contribution in [1.29, 1.82) is 0 Å². The van der Waals surface area contributed by atoms with E-state index < -0.39 is 10.0 Å². The number of halogens is 1. The van der Waals surface area contributed by atoms with Gasteiger partial charge in [0.15, 0.2) is 0 Å². The quantitative estimate of drug-likeness (QED) is 0.196. The predicted octanol–water partition coefficient (Wildman–Crippen LogP) is 5.25. The minimum absolute atomic E-state index is 0.0357. The molecule has 43 heavy (non-hydrogen) atoms. The largest absolute Gasteiger partial charge is 0.487 e. The van der Waals surface area contributed by atoms with E-state index in [1.807, 2.05) is 30.3 Å². The van der Waals surface area contributed by atoms with Crippen LogP contribution in [0.4, 0.5) is 21.6 Å². The zero-order valence-electron chi connectivity index (χ0n) is 23.3. The molecule has 3 aromatic carbocycles. The molecule has 1 unspecified atom stereocenters. The Bertz CT molecular complexity index is 1860. The lowest BCUT2D eigenvalue weighted by Crippen LogP contribution is -2.39. The molecule has 0 saturated carbocycles. The van der Waals surface area contributed by atoms with Crippen molar-refractivity contribution >= 4 is 38.1 Å². The minimum atomic E-state index is -3.58. The van der Waals surface area contributed by atoms with E-state index in [0.717, 1.165) is 47.3 Å². The van der Waals surface area contributed by atoms with Crippen LogP contribution in [0.2, 0.25) is 0 Å². The predicted molar refractivity (Wildman–Crippen MR) is 162 cm³/mol. The number of benzene rings is 3. The van der Waals surface area contributed by atoms with Crippen LogP contribution in [0.3, 0.4) is 0 Å². The summed E-state index contributed by atoms with van der Waals surface area (Å²) in [4.78, 5) is 8.87. The fourth-order valence-electron chi connectivity index (χ4n) is 4.86. The average molecular weight is 604 g/mol. The van der Waals surface area contributed by atoms with Gasteiger partial charge in [-0.2, -0.15) is 0 Å². The molecule has 12 heteroatoms. The summed E-state index contributed by atoms with van der Waals surface area (Å²) in [5.74, 6) is 1.99. The monoisotopic (exact) mass is 603 g/mol. The maximum absolute atomic E-state index is 13.7. The van der Waals surface area contributed by atoms with E-state index in [4.69, 9.17) is 13.9 Å². The number of sulfonamides is 1. The second-order valence-electron chi connectivity index (χ2n) is 10.2. The van der Waals surface area contributed by atoms with Crippen LogP contribution in [0.5, 0.6) is 5.75 Å². The van der Waals surface area contributed by atoms with Gasteiger partial charge in [-0.05, 0) is 60.2 Å². The molecule has 1 saturated heterocycles. The molecule has 10 nitrogen and oxygen atoms in total. The van der Waals surface area contributed by atoms with Crippen molar-refractivity contribution in [2.45, 2.75) is 19.1 Å². The van der Waals surface area contributed by atoms with Gasteiger partial charge < -0.3 is 24.5 Å². The molecule has 1 atom stereocenters. The molecule has 222 valence electrons. The van der Waals surface area contributed by atoms with Gasteiger partial charge in [-0.1, -0.05) is 12.1 Å². The van der Waals surface area contributed by atoms with E-state index in [-0.39, 0.29) is 30.0 Å². The van der Waals surface area contributed by atoms with Crippen molar-refractivity contribution in [3.63, 3.8) is 0 Å². The molecule has 0 amide bonds. The normalized spacial score (nSPS) is 15.3. The number of rotatable bonds is 10. The lowest BCUT2D eigenvalue weighted by molar-refractivity contribution is 0.0263. The van der Waals surface area contributed by atoms with Gasteiger partial charge in [0.1, 0.15) is 41.8 Å². The maximum Gasteiger partial charge on any atom is 0.229 e. The topological polar surface area (TPSA) is 128 Å². The number of nitrogens with zero attached hydrogens (tertiary/aromatic N) is 2. The molecule has 1 aliphatic heterocycles. The number of aromatic nitrogens is 2. The summed E-state index contributed by atoms with van der Waals surface area (Å²) in [7, 11) is -3.58. The Morgan fingerprint density at radius 1 is 1.07 bits per heavy atom. The van der Waals surface area contributed by atoms with E-state index in [1.165, 1.54) is 18.5 Å². The van der Waals surface area contributed by atoms with Crippen LogP contribution in [0.25, 0.3) is 22.2 Å². The molecular formula is C31H30FN5O5S. The first kappa shape index (κ1) is 28.6. The van der Waals surface area contributed by atoms with Crippen LogP contribution in [0.15, 0.2) is 83.5 Å². The van der Waals surface area contributed by atoms with Gasteiger partial charge in [-0.3, -0.25) is 4.72 Å². The minimum Gasteiger partial charge on any atom is -0.487 e. The summed E-state index contributed by atoms with van der Waals surface area (Å²) in [6, 6.07) is 20.7. The van der Waals surface area contributed by atoms with Crippen LogP contribution in [-0.4, -0.2) is 50.4 Å². The molecule has 1 aliphatic rings. The number of furan rings is 1. The number of nitrogens with one attached hydrogen (secondary N) is 3. The van der Waals surface area contributed by atoms with Gasteiger partial charge in [-0.15, -0.1) is 0 Å². The third-order valence-corrected chi connectivity index (χ3v) is 7.43. The van der Waals surface area contributed by atoms with E-state index in [1.54, 1.807) is 30.3 Å². The Kier molecular flexibility index (Phi) is 8.23. The highest BCUT2D eigenvalue weighted by Gasteiger charge is 2.17. The van der Waals surface area contributed by atoms with Crippen molar-refractivity contribution in [2.24, 2.45) is 0 Å². The van der Waals surface area contributed by atoms with Gasteiger partial charge in [0.25, 0.3) is 0 Å². The summed E-state index contributed by atoms with van der Waals surface area (Å²) < 4.78 is 58.0. The van der Waals surface area contributed by atoms with E-state index >= 15 is 0 Å². The zero-order valence-corrected chi connectivity index (χ0v) is 24.2. The van der Waals surface area contributed by atoms with E-state index in [0.29, 0.717) is 30.1 Å². The molecule has 0 aliphatic carbocycles. The average Bonchev–Trinajstić information content (AvgIpc) is 3.45. The molecule has 0 radical (unpaired) electrons. The first-order chi connectivity index (χ1) is 20.8. The van der Waals surface area contributed by atoms with Gasteiger partial charge in [0.2, 0.25) is 10.0 Å². The second kappa shape index (κ2) is 12.4. The molecule has 3 N–H and O–H groups in total. The van der Waals surface area contributed by atoms with Gasteiger partial charge >= 0.3 is 0 Å². The van der Waals surface area contributed by atoms with Crippen LogP contribution in [0, 0.1) is 5.82 Å². The summed E-state index contributed by atoms with van der Waals surface area (Å²) in [6.07, 6.45) is 3.29. The molecule has 6 rings (SSSR count). The van der Waals surface area contributed by atoms with Crippen molar-refractivity contribution in [3.05, 3.63) is 96.3 Å². The Morgan fingerprint density at radius 2 is 1.98 bits per heavy atom. The Balaban J connectivity index is 1.26. The number of hydrogen-bond donors (Lipinski definition) is 3. The summed E-state index contributed by atoms with van der Waals surface area (Å²) in [6.45, 7) is 2.38. The third-order valence-electron chi connectivity index (χ3n) is 6.84. The fraction of sp³-hybridized carbons (Fsp3) is 0.226. The van der Waals surface area contributed by atoms with E-state index in [9.17, 15) is 12.8 Å². The molecule has 1 fully saturated rings. The van der Waals surface area contributed by atoms with Gasteiger partial charge in [-0.25, -0.2) is 22.8 Å². The van der Waals surface area contributed by atoms with Crippen LogP contribution in [0.1, 0.15) is 11.3 Å². The lowest BCUT2D eigenvalue weighted by atomic mass is 10.1. The highest BCUT2D eigenvalue weighted by molar-refractivity contribution is 7.92. The van der Waals surface area contributed by atoms with Crippen molar-refractivity contribution in [2.75, 3.05) is 36.0 Å². The number of morpholine rings is 1. The molecule has 0 bridgehead atoms. The molecular weight excluding hydrogens is 573 g/mol. The molecule has 0 spiro atoms. The van der Waals surface area contributed by atoms with Crippen molar-refractivity contribution < 1.29 is 26.7 Å². The molecule has 5 aromatic rings. The zero-order chi connectivity index (χ0) is 29.8. The SMILES string of the molecule is CS(=O)(=O)Nc1ccc(Nc2ncnc3ccc(-c4ccc(CC5CNCCO5)o4)cc23)cc1OCc1cccc(F)c1. The van der Waals surface area contributed by atoms with Crippen LogP contribution in [-0.2, 0) is 27.8 Å². The Labute approximate surface area is 248 Å². The number of hydrogen-bond acceptors (Lipinski definition) is 9. The number of anilines is 3. The number of fused-ring (bicyclic) bond motifs is 1. The number of ether oxygens (including phenoxy) is 2. The Morgan fingerprint density at radius 3 is 2.79 bits per heavy atom. The molecule has 3 heterocycles. The lowest BCUT2D eigenvalue weighted by Gasteiger charge is -2.22. The summed E-state index contributed by atoms with van der Waals surface area (Å²) in [5.41, 5.74) is 3.04. The maximum atomic E-state index is 13.7. The summed E-state index contributed by atoms with van der Waals surface area (Å²) in [5, 5.41) is 7.40. The first-order valence-electron chi connectivity index (χ1n) is 13.7. The fourth-order valence-corrected chi connectivity index (χ4v) is 5.42. The highest BCUT2D eigenvalue weighted by Crippen LogP contribution is 2.34. The van der Waals surface area contributed by atoms with Gasteiger partial charge in [0.05, 0.1) is 30.2 Å². The Hall–Kier alpha value is -4.52. The van der Waals surface area contributed by atoms with Crippen LogP contribution < -0.4 is 20.1 Å². The highest BCUT2D eigenvalue weighted by atomic mass is 32.2. The first-order valence-corrected chi connectivity index (χ1v) is 15.6. The van der Waals surface area contributed by atoms with Crippen molar-refractivity contribution in [1.82, 2.24) is 15.3 Å². The third kappa shape index (κ3) is 7.28. The smallest absolute Gasteiger partial charge is 0.229 e. The van der Waals surface area contributed by atoms with Crippen LogP contribution >= 0.6 is 0 Å². The van der Waals surface area contributed by atoms with E-state index in [2.05, 4.69) is 25.3 Å². The van der Waals surface area contributed by atoms with Gasteiger partial charge in [0, 0.05) is 42.2 Å². The second-order valence-corrected chi connectivity index (χ2v) is 12.0. The van der Waals surface area contributed by atoms with Crippen molar-refractivity contribution in [3.8, 4) is 17.1 Å². The molecule has 2 aromatic heterocycles. The summed E-state index contributed by atoms with van der Waals surface area (Å²) >= 11 is 0. The standard InChI is InChI=1S/C31H30FN5O5S/c1-43(38,39)37-28-9-6-23(15-30(28)41-18-20-3-2-4-22(32)13-20)36-31-26-14-21(5-8-27(26)34-19-35-31)29-10-7-24(42-29)16-25-17-33-11-12-40-25/h2-10,13-15,19,25,33,37H,11-12,16-18H2,1H3,(H,34,35,36).